The summed E-state index contributed by atoms with van der Waals surface area (Å²) in [5.41, 5.74) is 6.92. The lowest BCUT2D eigenvalue weighted by molar-refractivity contribution is 0.0685. The van der Waals surface area contributed by atoms with Crippen LogP contribution in [0.1, 0.15) is 108 Å². The van der Waals surface area contributed by atoms with Crippen molar-refractivity contribution >= 4 is 44.7 Å². The van der Waals surface area contributed by atoms with Crippen molar-refractivity contribution in [3.05, 3.63) is 64.2 Å². The van der Waals surface area contributed by atoms with E-state index < -0.39 is 11.5 Å². The molecule has 2 aliphatic carbocycles. The van der Waals surface area contributed by atoms with Crippen LogP contribution in [-0.2, 0) is 19.0 Å². The van der Waals surface area contributed by atoms with Crippen molar-refractivity contribution in [1.29, 1.82) is 0 Å². The monoisotopic (exact) mass is 566 g/mol. The number of rotatable bonds is 7. The van der Waals surface area contributed by atoms with Crippen molar-refractivity contribution in [2.45, 2.75) is 83.1 Å². The molecule has 0 aliphatic heterocycles. The van der Waals surface area contributed by atoms with Gasteiger partial charge in [0.1, 0.15) is 11.5 Å². The molecule has 2 aromatic carbocycles. The minimum Gasteiger partial charge on any atom is -0.477 e. The molecule has 3 aromatic heterocycles. The fourth-order valence-corrected chi connectivity index (χ4v) is 7.59. The zero-order valence-corrected chi connectivity index (χ0v) is 24.5. The van der Waals surface area contributed by atoms with Gasteiger partial charge in [-0.1, -0.05) is 32.3 Å². The number of aromatic amines is 1. The maximum absolute atomic E-state index is 13.7. The molecule has 7 rings (SSSR count). The summed E-state index contributed by atoms with van der Waals surface area (Å²) >= 11 is 0. The Hall–Kier alpha value is -4.27. The van der Waals surface area contributed by atoms with Gasteiger partial charge in [-0.05, 0) is 86.8 Å². The number of imidazole rings is 1. The molecule has 1 amide bonds. The third kappa shape index (κ3) is 3.86. The highest BCUT2D eigenvalue weighted by Gasteiger charge is 2.43. The quantitative estimate of drug-likeness (QED) is 0.176. The van der Waals surface area contributed by atoms with E-state index >= 15 is 0 Å². The molecule has 0 atom stereocenters. The fraction of sp³-hybridized carbons (Fsp3) is 0.424. The van der Waals surface area contributed by atoms with Crippen LogP contribution in [0.3, 0.4) is 0 Å². The van der Waals surface area contributed by atoms with Crippen LogP contribution >= 0.6 is 0 Å². The van der Waals surface area contributed by atoms with E-state index in [1.165, 1.54) is 42.3 Å². The Morgan fingerprint density at radius 1 is 1.12 bits per heavy atom. The number of nitrogen functional groups attached to an aromatic ring is 1. The Morgan fingerprint density at radius 2 is 1.88 bits per heavy atom. The molecule has 2 saturated carbocycles. The second-order valence-corrected chi connectivity index (χ2v) is 12.4. The zero-order valence-electron chi connectivity index (χ0n) is 24.5. The number of benzene rings is 2. The van der Waals surface area contributed by atoms with E-state index in [2.05, 4.69) is 23.3 Å². The van der Waals surface area contributed by atoms with Crippen LogP contribution in [0.2, 0.25) is 0 Å². The third-order valence-corrected chi connectivity index (χ3v) is 9.93. The molecule has 2 aliphatic rings. The lowest BCUT2D eigenvalue weighted by Gasteiger charge is -2.40. The third-order valence-electron chi connectivity index (χ3n) is 9.93. The van der Waals surface area contributed by atoms with Crippen molar-refractivity contribution in [3.63, 3.8) is 0 Å². The summed E-state index contributed by atoms with van der Waals surface area (Å²) in [5, 5.41) is 15.0. The molecule has 2 fully saturated rings. The Balaban J connectivity index is 1.23. The van der Waals surface area contributed by atoms with Gasteiger partial charge in [0.15, 0.2) is 0 Å². The summed E-state index contributed by atoms with van der Waals surface area (Å²) < 4.78 is 3.53. The first-order valence-electron chi connectivity index (χ1n) is 15.2. The number of nitrogens with one attached hydrogen (secondary N) is 2. The van der Waals surface area contributed by atoms with E-state index in [9.17, 15) is 14.7 Å². The summed E-state index contributed by atoms with van der Waals surface area (Å²) in [7, 11) is 1.77. The number of aryl methyl sites for hydroxylation is 2. The van der Waals surface area contributed by atoms with Crippen molar-refractivity contribution < 1.29 is 14.7 Å². The number of hydrogen-bond acceptors (Lipinski definition) is 4. The number of nitrogens with zero attached hydrogens (tertiary/aromatic N) is 3. The molecule has 0 unspecified atom stereocenters. The summed E-state index contributed by atoms with van der Waals surface area (Å²) in [6.45, 7) is 4.02. The van der Waals surface area contributed by atoms with Gasteiger partial charge in [0.05, 0.1) is 27.6 Å². The number of hydrogen-bond donors (Lipinski definition) is 4. The van der Waals surface area contributed by atoms with Gasteiger partial charge in [-0.15, -0.1) is 0 Å². The lowest BCUT2D eigenvalue weighted by Crippen LogP contribution is -2.51. The molecular formula is C33H38N6O3. The molecule has 0 radical (unpaired) electrons. The second-order valence-electron chi connectivity index (χ2n) is 12.4. The maximum Gasteiger partial charge on any atom is 0.352 e. The maximum atomic E-state index is 13.7. The van der Waals surface area contributed by atoms with Crippen LogP contribution in [0.5, 0.6) is 0 Å². The molecule has 0 saturated heterocycles. The van der Waals surface area contributed by atoms with Crippen LogP contribution in [-0.4, -0.2) is 36.2 Å². The Kier molecular flexibility index (Phi) is 6.11. The number of amides is 1. The normalized spacial score (nSPS) is 16.9. The number of carboxylic acids is 1. The number of aromatic carboxylic acids is 1. The second kappa shape index (κ2) is 9.64. The van der Waals surface area contributed by atoms with Gasteiger partial charge in [0.2, 0.25) is 0 Å². The van der Waals surface area contributed by atoms with E-state index in [1.54, 1.807) is 11.6 Å². The number of H-pyrrole nitrogens is 1. The van der Waals surface area contributed by atoms with Gasteiger partial charge in [-0.2, -0.15) is 0 Å². The molecule has 0 spiro atoms. The number of fused-ring (bicyclic) bond motifs is 3. The first-order chi connectivity index (χ1) is 20.2. The van der Waals surface area contributed by atoms with E-state index in [0.717, 1.165) is 70.9 Å². The van der Waals surface area contributed by atoms with Crippen molar-refractivity contribution in [2.75, 3.05) is 5.84 Å². The number of carboxylic acid groups (broad SMARTS) is 1. The minimum atomic E-state index is -0.948. The summed E-state index contributed by atoms with van der Waals surface area (Å²) in [5.74, 6) is 6.87. The van der Waals surface area contributed by atoms with Crippen LogP contribution in [0.25, 0.3) is 32.8 Å². The first-order valence-corrected chi connectivity index (χ1v) is 15.2. The van der Waals surface area contributed by atoms with Crippen molar-refractivity contribution in [2.24, 2.45) is 7.05 Å². The zero-order chi connectivity index (χ0) is 29.3. The molecular weight excluding hydrogens is 528 g/mol. The van der Waals surface area contributed by atoms with E-state index in [1.807, 2.05) is 35.9 Å². The number of nitrogens with two attached hydrogens (primary N) is 1. The van der Waals surface area contributed by atoms with Crippen LogP contribution < -0.4 is 11.2 Å². The molecule has 218 valence electrons. The average Bonchev–Trinajstić information content (AvgIpc) is 3.72. The topological polar surface area (TPSA) is 131 Å². The lowest BCUT2D eigenvalue weighted by atomic mass is 9.76. The minimum absolute atomic E-state index is 0.134. The summed E-state index contributed by atoms with van der Waals surface area (Å²) in [4.78, 5) is 33.9. The predicted molar refractivity (Wildman–Crippen MR) is 165 cm³/mol. The molecule has 9 nitrogen and oxygen atoms in total. The molecule has 5 N–H and O–H groups in total. The molecule has 5 aromatic rings. The van der Waals surface area contributed by atoms with Crippen LogP contribution in [0.4, 0.5) is 0 Å². The van der Waals surface area contributed by atoms with Crippen molar-refractivity contribution in [3.8, 4) is 0 Å². The Morgan fingerprint density at radius 3 is 2.55 bits per heavy atom. The Bertz CT molecular complexity index is 1840. The number of carbonyl (C=O) groups excluding carboxylic acids is 1. The number of aromatic nitrogens is 4. The fourth-order valence-electron chi connectivity index (χ4n) is 7.59. The standard InChI is InChI=1S/C33H38N6O3/c1-4-8-25-28(19-9-5-6-10-19)21-12-11-20(15-27(21)39(25)34)30(40)37-33(13-7-14-33)32-35-23-16-22-18(2)29(31(41)42)38(3)26(22)17-24(23)36-32/h11-12,15-17,19H,4-10,13-14,34H2,1-3H3,(H,35,36)(H,37,40)(H,41,42). The van der Waals surface area contributed by atoms with Gasteiger partial charge in [-0.3, -0.25) is 9.47 Å². The van der Waals surface area contributed by atoms with E-state index in [0.29, 0.717) is 11.5 Å². The van der Waals surface area contributed by atoms with Gasteiger partial charge in [-0.25, -0.2) is 9.78 Å². The number of carbonyl (C=O) groups is 2. The van der Waals surface area contributed by atoms with Crippen LogP contribution in [0.15, 0.2) is 30.3 Å². The molecule has 0 bridgehead atoms. The Labute approximate surface area is 244 Å². The SMILES string of the molecule is CCCc1c(C2CCCC2)c2ccc(C(=O)NC3(c4nc5cc6c(cc5[nH]4)c(C)c(C(=O)O)n6C)CCC3)cc2n1N. The van der Waals surface area contributed by atoms with Gasteiger partial charge in [0.25, 0.3) is 5.91 Å². The van der Waals surface area contributed by atoms with Crippen LogP contribution in [0, 0.1) is 6.92 Å². The summed E-state index contributed by atoms with van der Waals surface area (Å²) in [6.07, 6.45) is 9.46. The molecule has 9 heteroatoms. The average molecular weight is 567 g/mol. The van der Waals surface area contributed by atoms with Gasteiger partial charge >= 0.3 is 5.97 Å². The summed E-state index contributed by atoms with van der Waals surface area (Å²) in [6, 6.07) is 9.87. The first kappa shape index (κ1) is 26.6. The van der Waals surface area contributed by atoms with Gasteiger partial charge in [0, 0.05) is 29.1 Å². The highest BCUT2D eigenvalue weighted by Crippen LogP contribution is 2.43. The molecule has 3 heterocycles. The van der Waals surface area contributed by atoms with E-state index in [-0.39, 0.29) is 11.6 Å². The highest BCUT2D eigenvalue weighted by molar-refractivity contribution is 6.03. The van der Waals surface area contributed by atoms with E-state index in [4.69, 9.17) is 10.8 Å². The largest absolute Gasteiger partial charge is 0.477 e. The molecule has 42 heavy (non-hydrogen) atoms. The van der Waals surface area contributed by atoms with Gasteiger partial charge < -0.3 is 25.8 Å². The smallest absolute Gasteiger partial charge is 0.352 e. The van der Waals surface area contributed by atoms with Crippen molar-refractivity contribution in [1.82, 2.24) is 24.5 Å². The highest BCUT2D eigenvalue weighted by atomic mass is 16.4. The predicted octanol–water partition coefficient (Wildman–Crippen LogP) is 6.15.